The minimum Gasteiger partial charge on any atom is -0.481 e. The lowest BCUT2D eigenvalue weighted by molar-refractivity contribution is -0.136. The van der Waals surface area contributed by atoms with Crippen molar-refractivity contribution in [2.75, 3.05) is 11.9 Å². The Morgan fingerprint density at radius 2 is 2.40 bits per heavy atom. The molecule has 0 aliphatic carbocycles. The largest absolute Gasteiger partial charge is 0.481 e. The van der Waals surface area contributed by atoms with Crippen molar-refractivity contribution in [1.29, 1.82) is 5.26 Å². The number of aryl methyl sites for hydroxylation is 2. The van der Waals surface area contributed by atoms with Gasteiger partial charge in [0, 0.05) is 13.6 Å². The summed E-state index contributed by atoms with van der Waals surface area (Å²) in [6.45, 7) is 2.02. The van der Waals surface area contributed by atoms with Crippen LogP contribution in [0.25, 0.3) is 0 Å². The number of aromatic nitrogens is 2. The second kappa shape index (κ2) is 4.46. The molecule has 0 aliphatic rings. The average Bonchev–Trinajstić information content (AvgIpc) is 2.41. The third-order valence-corrected chi connectivity index (χ3v) is 1.97. The maximum absolute atomic E-state index is 10.3. The van der Waals surface area contributed by atoms with Crippen LogP contribution in [0, 0.1) is 18.3 Å². The van der Waals surface area contributed by atoms with E-state index < -0.39 is 5.97 Å². The molecular formula is C9H12N4O2. The highest BCUT2D eigenvalue weighted by Crippen LogP contribution is 2.16. The molecule has 0 amide bonds. The third-order valence-electron chi connectivity index (χ3n) is 1.97. The number of nitrogens with zero attached hydrogens (tertiary/aromatic N) is 3. The number of carboxylic acid groups (broad SMARTS) is 1. The molecule has 0 aliphatic heterocycles. The number of rotatable bonds is 4. The summed E-state index contributed by atoms with van der Waals surface area (Å²) in [7, 11) is 1.71. The predicted octanol–water partition coefficient (Wildman–Crippen LogP) is 0.487. The molecule has 0 fully saturated rings. The Kier molecular flexibility index (Phi) is 3.29. The van der Waals surface area contributed by atoms with E-state index in [4.69, 9.17) is 10.4 Å². The summed E-state index contributed by atoms with van der Waals surface area (Å²) in [4.78, 5) is 10.3. The van der Waals surface area contributed by atoms with Gasteiger partial charge in [0.05, 0.1) is 12.1 Å². The molecule has 0 atom stereocenters. The zero-order chi connectivity index (χ0) is 11.4. The maximum atomic E-state index is 10.3. The van der Waals surface area contributed by atoms with Gasteiger partial charge >= 0.3 is 5.97 Å². The molecule has 0 spiro atoms. The summed E-state index contributed by atoms with van der Waals surface area (Å²) < 4.78 is 1.54. The van der Waals surface area contributed by atoms with Crippen molar-refractivity contribution in [3.63, 3.8) is 0 Å². The molecule has 0 saturated carbocycles. The van der Waals surface area contributed by atoms with Crippen LogP contribution in [0.1, 0.15) is 17.7 Å². The van der Waals surface area contributed by atoms with Gasteiger partial charge < -0.3 is 10.4 Å². The summed E-state index contributed by atoms with van der Waals surface area (Å²) in [5.41, 5.74) is 1.10. The second-order valence-electron chi connectivity index (χ2n) is 3.11. The number of carboxylic acids is 1. The fourth-order valence-electron chi connectivity index (χ4n) is 1.28. The number of anilines is 1. The molecule has 0 bridgehead atoms. The Balaban J connectivity index is 2.76. The van der Waals surface area contributed by atoms with Crippen LogP contribution in [-0.2, 0) is 11.8 Å². The highest BCUT2D eigenvalue weighted by molar-refractivity contribution is 5.67. The minimum atomic E-state index is -0.875. The molecule has 6 heteroatoms. The lowest BCUT2D eigenvalue weighted by Gasteiger charge is -2.04. The van der Waals surface area contributed by atoms with E-state index in [1.165, 1.54) is 4.68 Å². The third kappa shape index (κ3) is 2.47. The van der Waals surface area contributed by atoms with Crippen LogP contribution in [0.5, 0.6) is 0 Å². The topological polar surface area (TPSA) is 90.9 Å². The van der Waals surface area contributed by atoms with Gasteiger partial charge in [-0.15, -0.1) is 0 Å². The van der Waals surface area contributed by atoms with Crippen LogP contribution in [0.15, 0.2) is 0 Å². The van der Waals surface area contributed by atoms with Gasteiger partial charge in [0.15, 0.2) is 0 Å². The van der Waals surface area contributed by atoms with E-state index in [-0.39, 0.29) is 13.0 Å². The summed E-state index contributed by atoms with van der Waals surface area (Å²) in [5.74, 6) is -0.309. The normalized spacial score (nSPS) is 9.67. The van der Waals surface area contributed by atoms with E-state index in [1.54, 1.807) is 14.0 Å². The van der Waals surface area contributed by atoms with E-state index in [0.29, 0.717) is 17.1 Å². The first-order valence-electron chi connectivity index (χ1n) is 4.45. The van der Waals surface area contributed by atoms with Crippen molar-refractivity contribution in [3.05, 3.63) is 11.3 Å². The first kappa shape index (κ1) is 11.0. The first-order chi connectivity index (χ1) is 7.06. The molecule has 1 heterocycles. The van der Waals surface area contributed by atoms with Gasteiger partial charge in [-0.25, -0.2) is 0 Å². The van der Waals surface area contributed by atoms with Crippen molar-refractivity contribution in [3.8, 4) is 6.07 Å². The Labute approximate surface area is 87.1 Å². The van der Waals surface area contributed by atoms with Gasteiger partial charge in [-0.05, 0) is 6.92 Å². The van der Waals surface area contributed by atoms with Gasteiger partial charge in [-0.2, -0.15) is 10.4 Å². The highest BCUT2D eigenvalue weighted by atomic mass is 16.4. The molecule has 2 N–H and O–H groups in total. The van der Waals surface area contributed by atoms with E-state index in [9.17, 15) is 4.79 Å². The average molecular weight is 208 g/mol. The molecule has 0 radical (unpaired) electrons. The quantitative estimate of drug-likeness (QED) is 0.751. The van der Waals surface area contributed by atoms with Gasteiger partial charge in [-0.1, -0.05) is 0 Å². The van der Waals surface area contributed by atoms with E-state index in [1.807, 2.05) is 6.07 Å². The summed E-state index contributed by atoms with van der Waals surface area (Å²) in [5, 5.41) is 24.3. The molecule has 1 aromatic rings. The van der Waals surface area contributed by atoms with Crippen molar-refractivity contribution in [1.82, 2.24) is 9.78 Å². The predicted molar refractivity (Wildman–Crippen MR) is 53.4 cm³/mol. The van der Waals surface area contributed by atoms with Crippen molar-refractivity contribution in [2.45, 2.75) is 13.3 Å². The van der Waals surface area contributed by atoms with Gasteiger partial charge in [0.25, 0.3) is 0 Å². The molecular weight excluding hydrogens is 196 g/mol. The second-order valence-corrected chi connectivity index (χ2v) is 3.11. The van der Waals surface area contributed by atoms with Gasteiger partial charge in [0.2, 0.25) is 0 Å². The fourth-order valence-corrected chi connectivity index (χ4v) is 1.28. The molecule has 80 valence electrons. The van der Waals surface area contributed by atoms with Crippen LogP contribution in [0.4, 0.5) is 5.82 Å². The van der Waals surface area contributed by atoms with E-state index >= 15 is 0 Å². The molecule has 1 rings (SSSR count). The fraction of sp³-hybridized carbons (Fsp3) is 0.444. The number of hydrogen-bond acceptors (Lipinski definition) is 4. The van der Waals surface area contributed by atoms with Crippen LogP contribution < -0.4 is 5.32 Å². The van der Waals surface area contributed by atoms with Crippen molar-refractivity contribution >= 4 is 11.8 Å². The minimum absolute atomic E-state index is 0.00902. The Morgan fingerprint density at radius 1 is 1.73 bits per heavy atom. The number of aliphatic carboxylic acids is 1. The summed E-state index contributed by atoms with van der Waals surface area (Å²) in [6.07, 6.45) is 0.00902. The highest BCUT2D eigenvalue weighted by Gasteiger charge is 2.12. The molecule has 0 saturated heterocycles. The van der Waals surface area contributed by atoms with Crippen LogP contribution in [0.2, 0.25) is 0 Å². The van der Waals surface area contributed by atoms with Gasteiger partial charge in [-0.3, -0.25) is 9.48 Å². The molecule has 6 nitrogen and oxygen atoms in total. The lowest BCUT2D eigenvalue weighted by atomic mass is 10.2. The Hall–Kier alpha value is -2.03. The smallest absolute Gasteiger partial charge is 0.305 e. The zero-order valence-electron chi connectivity index (χ0n) is 8.61. The van der Waals surface area contributed by atoms with Crippen LogP contribution >= 0.6 is 0 Å². The first-order valence-corrected chi connectivity index (χ1v) is 4.45. The Bertz CT molecular complexity index is 416. The summed E-state index contributed by atoms with van der Waals surface area (Å²) in [6, 6.07) is 2.03. The molecule has 0 aromatic carbocycles. The lowest BCUT2D eigenvalue weighted by Crippen LogP contribution is -2.11. The number of nitriles is 1. The number of nitrogens with one attached hydrogen (secondary N) is 1. The van der Waals surface area contributed by atoms with E-state index in [0.717, 1.165) is 0 Å². The maximum Gasteiger partial charge on any atom is 0.305 e. The molecule has 1 aromatic heterocycles. The summed E-state index contributed by atoms with van der Waals surface area (Å²) >= 11 is 0. The van der Waals surface area contributed by atoms with E-state index in [2.05, 4.69) is 10.4 Å². The number of carbonyl (C=O) groups is 1. The number of hydrogen-bond donors (Lipinski definition) is 2. The Morgan fingerprint density at radius 3 is 2.93 bits per heavy atom. The zero-order valence-corrected chi connectivity index (χ0v) is 8.61. The standard InChI is InChI=1S/C9H12N4O2/c1-6-7(5-10)9(13(2)12-6)11-4-3-8(14)15/h11H,3-4H2,1-2H3,(H,14,15). The SMILES string of the molecule is Cc1nn(C)c(NCCC(=O)O)c1C#N. The van der Waals surface area contributed by atoms with Crippen LogP contribution in [-0.4, -0.2) is 27.4 Å². The monoisotopic (exact) mass is 208 g/mol. The van der Waals surface area contributed by atoms with Crippen molar-refractivity contribution in [2.24, 2.45) is 7.05 Å². The van der Waals surface area contributed by atoms with Crippen LogP contribution in [0.3, 0.4) is 0 Å². The molecule has 0 unspecified atom stereocenters. The van der Waals surface area contributed by atoms with Gasteiger partial charge in [0.1, 0.15) is 17.5 Å². The molecule has 15 heavy (non-hydrogen) atoms. The van der Waals surface area contributed by atoms with Crippen molar-refractivity contribution < 1.29 is 9.90 Å².